The summed E-state index contributed by atoms with van der Waals surface area (Å²) in [6.45, 7) is 2.52. The first-order valence-electron chi connectivity index (χ1n) is 6.64. The molecule has 5 nitrogen and oxygen atoms in total. The Bertz CT molecular complexity index is 465. The molecule has 2 N–H and O–H groups in total. The predicted octanol–water partition coefficient (Wildman–Crippen LogP) is 2.75. The summed E-state index contributed by atoms with van der Waals surface area (Å²) in [5.74, 6) is -0.735. The molecule has 0 spiro atoms. The molecule has 1 atom stereocenters. The maximum absolute atomic E-state index is 11.9. The van der Waals surface area contributed by atoms with Crippen molar-refractivity contribution < 1.29 is 14.7 Å². The molecular formula is C14H19ClN2O3. The van der Waals surface area contributed by atoms with Crippen LogP contribution in [0.5, 0.6) is 0 Å². The van der Waals surface area contributed by atoms with E-state index in [9.17, 15) is 9.59 Å². The smallest absolute Gasteiger partial charge is 0.303 e. The predicted molar refractivity (Wildman–Crippen MR) is 76.8 cm³/mol. The van der Waals surface area contributed by atoms with Gasteiger partial charge in [-0.3, -0.25) is 14.6 Å². The van der Waals surface area contributed by atoms with Crippen LogP contribution >= 0.6 is 11.6 Å². The van der Waals surface area contributed by atoms with Crippen LogP contribution in [-0.2, 0) is 4.79 Å². The summed E-state index contributed by atoms with van der Waals surface area (Å²) in [5.41, 5.74) is 0.354. The van der Waals surface area contributed by atoms with Crippen LogP contribution in [0.4, 0.5) is 0 Å². The van der Waals surface area contributed by atoms with E-state index in [4.69, 9.17) is 16.7 Å². The number of amides is 1. The molecule has 1 aromatic rings. The molecule has 0 aliphatic rings. The van der Waals surface area contributed by atoms with Crippen LogP contribution in [-0.4, -0.2) is 28.5 Å². The lowest BCUT2D eigenvalue weighted by Gasteiger charge is -2.14. The number of halogens is 1. The van der Waals surface area contributed by atoms with Crippen molar-refractivity contribution in [3.8, 4) is 0 Å². The van der Waals surface area contributed by atoms with E-state index < -0.39 is 5.97 Å². The lowest BCUT2D eigenvalue weighted by atomic mass is 9.96. The molecule has 0 fully saturated rings. The van der Waals surface area contributed by atoms with Gasteiger partial charge in [-0.25, -0.2) is 0 Å². The monoisotopic (exact) mass is 298 g/mol. The zero-order chi connectivity index (χ0) is 15.0. The largest absolute Gasteiger partial charge is 0.481 e. The van der Waals surface area contributed by atoms with Gasteiger partial charge in [0, 0.05) is 25.4 Å². The molecule has 0 saturated heterocycles. The Morgan fingerprint density at radius 2 is 2.20 bits per heavy atom. The molecular weight excluding hydrogens is 280 g/mol. The normalized spacial score (nSPS) is 11.9. The van der Waals surface area contributed by atoms with Crippen LogP contribution in [0.1, 0.15) is 43.0 Å². The van der Waals surface area contributed by atoms with E-state index in [1.807, 2.05) is 6.92 Å². The van der Waals surface area contributed by atoms with Crippen molar-refractivity contribution in [1.29, 1.82) is 0 Å². The van der Waals surface area contributed by atoms with Crippen molar-refractivity contribution in [3.63, 3.8) is 0 Å². The van der Waals surface area contributed by atoms with Gasteiger partial charge >= 0.3 is 5.97 Å². The summed E-state index contributed by atoms with van der Waals surface area (Å²) in [4.78, 5) is 26.3. The highest BCUT2D eigenvalue weighted by Gasteiger charge is 2.12. The number of carboxylic acid groups (broad SMARTS) is 1. The number of hydrogen-bond donors (Lipinski definition) is 2. The first-order chi connectivity index (χ1) is 9.54. The third-order valence-electron chi connectivity index (χ3n) is 3.19. The zero-order valence-electron chi connectivity index (χ0n) is 11.4. The highest BCUT2D eigenvalue weighted by atomic mass is 35.5. The van der Waals surface area contributed by atoms with Gasteiger partial charge in [0.15, 0.2) is 0 Å². The molecule has 6 heteroatoms. The molecule has 1 aromatic heterocycles. The molecule has 1 unspecified atom stereocenters. The highest BCUT2D eigenvalue weighted by Crippen LogP contribution is 2.16. The maximum atomic E-state index is 11.9. The number of nitrogens with zero attached hydrogens (tertiary/aromatic N) is 1. The molecule has 1 heterocycles. The fourth-order valence-electron chi connectivity index (χ4n) is 1.91. The van der Waals surface area contributed by atoms with Crippen LogP contribution in [0.25, 0.3) is 0 Å². The van der Waals surface area contributed by atoms with Crippen LogP contribution < -0.4 is 5.32 Å². The zero-order valence-corrected chi connectivity index (χ0v) is 12.2. The van der Waals surface area contributed by atoms with Crippen molar-refractivity contribution in [1.82, 2.24) is 10.3 Å². The SMILES string of the molecule is CCC(CCNC(=O)c1cnccc1Cl)CCC(=O)O. The molecule has 0 aromatic carbocycles. The standard InChI is InChI=1S/C14H19ClN2O3/c1-2-10(3-4-13(18)19)5-8-17-14(20)11-9-16-7-6-12(11)15/h6-7,9-10H,2-5,8H2,1H3,(H,17,20)(H,18,19). The minimum atomic E-state index is -0.783. The third-order valence-corrected chi connectivity index (χ3v) is 3.52. The Hall–Kier alpha value is -1.62. The van der Waals surface area contributed by atoms with Gasteiger partial charge in [0.25, 0.3) is 5.91 Å². The third kappa shape index (κ3) is 5.57. The molecule has 1 amide bonds. The molecule has 0 radical (unpaired) electrons. The molecule has 110 valence electrons. The number of nitrogens with one attached hydrogen (secondary N) is 1. The van der Waals surface area contributed by atoms with Crippen molar-refractivity contribution in [3.05, 3.63) is 29.0 Å². The second kappa shape index (κ2) is 8.53. The molecule has 0 bridgehead atoms. The first-order valence-corrected chi connectivity index (χ1v) is 7.01. The fraction of sp³-hybridized carbons (Fsp3) is 0.500. The van der Waals surface area contributed by atoms with Gasteiger partial charge in [0.2, 0.25) is 0 Å². The van der Waals surface area contributed by atoms with Crippen molar-refractivity contribution in [2.75, 3.05) is 6.54 Å². The molecule has 0 aliphatic heterocycles. The van der Waals surface area contributed by atoms with E-state index >= 15 is 0 Å². The van der Waals surface area contributed by atoms with Gasteiger partial charge < -0.3 is 10.4 Å². The van der Waals surface area contributed by atoms with E-state index in [2.05, 4.69) is 10.3 Å². The number of hydrogen-bond acceptors (Lipinski definition) is 3. The molecule has 0 saturated carbocycles. The van der Waals surface area contributed by atoms with Crippen LogP contribution in [0.2, 0.25) is 5.02 Å². The number of carbonyl (C=O) groups is 2. The van der Waals surface area contributed by atoms with E-state index in [1.54, 1.807) is 6.07 Å². The summed E-state index contributed by atoms with van der Waals surface area (Å²) < 4.78 is 0. The average Bonchev–Trinajstić information content (AvgIpc) is 2.42. The summed E-state index contributed by atoms with van der Waals surface area (Å²) in [5, 5.41) is 11.8. The number of aliphatic carboxylic acids is 1. The summed E-state index contributed by atoms with van der Waals surface area (Å²) in [7, 11) is 0. The van der Waals surface area contributed by atoms with Crippen LogP contribution in [0.3, 0.4) is 0 Å². The van der Waals surface area contributed by atoms with Crippen LogP contribution in [0, 0.1) is 5.92 Å². The second-order valence-electron chi connectivity index (χ2n) is 4.61. The van der Waals surface area contributed by atoms with Crippen LogP contribution in [0.15, 0.2) is 18.5 Å². The van der Waals surface area contributed by atoms with Gasteiger partial charge in [-0.1, -0.05) is 24.9 Å². The average molecular weight is 299 g/mol. The van der Waals surface area contributed by atoms with Gasteiger partial charge in [-0.2, -0.15) is 0 Å². The molecule has 20 heavy (non-hydrogen) atoms. The Kier molecular flexibility index (Phi) is 7.01. The van der Waals surface area contributed by atoms with Gasteiger partial charge in [-0.15, -0.1) is 0 Å². The number of rotatable bonds is 8. The topological polar surface area (TPSA) is 79.3 Å². The number of carbonyl (C=O) groups excluding carboxylic acids is 1. The second-order valence-corrected chi connectivity index (χ2v) is 5.01. The quantitative estimate of drug-likeness (QED) is 0.773. The summed E-state index contributed by atoms with van der Waals surface area (Å²) in [6.07, 6.45) is 5.41. The number of aromatic nitrogens is 1. The Morgan fingerprint density at radius 3 is 2.80 bits per heavy atom. The van der Waals surface area contributed by atoms with Gasteiger partial charge in [0.05, 0.1) is 10.6 Å². The van der Waals surface area contributed by atoms with E-state index in [1.165, 1.54) is 12.4 Å². The minimum Gasteiger partial charge on any atom is -0.481 e. The van der Waals surface area contributed by atoms with E-state index in [-0.39, 0.29) is 12.3 Å². The molecule has 1 rings (SSSR count). The molecule has 0 aliphatic carbocycles. The Balaban J connectivity index is 2.37. The van der Waals surface area contributed by atoms with Crippen molar-refractivity contribution in [2.24, 2.45) is 5.92 Å². The lowest BCUT2D eigenvalue weighted by molar-refractivity contribution is -0.137. The summed E-state index contributed by atoms with van der Waals surface area (Å²) in [6, 6.07) is 1.57. The summed E-state index contributed by atoms with van der Waals surface area (Å²) >= 11 is 5.91. The fourth-order valence-corrected chi connectivity index (χ4v) is 2.10. The maximum Gasteiger partial charge on any atom is 0.303 e. The van der Waals surface area contributed by atoms with Gasteiger partial charge in [0.1, 0.15) is 0 Å². The number of pyridine rings is 1. The van der Waals surface area contributed by atoms with E-state index in [0.29, 0.717) is 29.5 Å². The van der Waals surface area contributed by atoms with Crippen molar-refractivity contribution in [2.45, 2.75) is 32.6 Å². The van der Waals surface area contributed by atoms with Crippen molar-refractivity contribution >= 4 is 23.5 Å². The Morgan fingerprint density at radius 1 is 1.45 bits per heavy atom. The first kappa shape index (κ1) is 16.4. The Labute approximate surface area is 123 Å². The number of carboxylic acids is 1. The minimum absolute atomic E-state index is 0.168. The van der Waals surface area contributed by atoms with E-state index in [0.717, 1.165) is 12.8 Å². The highest BCUT2D eigenvalue weighted by molar-refractivity contribution is 6.33. The lowest BCUT2D eigenvalue weighted by Crippen LogP contribution is -2.26. The van der Waals surface area contributed by atoms with Gasteiger partial charge in [-0.05, 0) is 24.8 Å².